The van der Waals surface area contributed by atoms with Crippen LogP contribution in [0.3, 0.4) is 0 Å². The van der Waals surface area contributed by atoms with Crippen molar-refractivity contribution in [1.82, 2.24) is 19.9 Å². The van der Waals surface area contributed by atoms with E-state index in [4.69, 9.17) is 11.0 Å². The van der Waals surface area contributed by atoms with E-state index < -0.39 is 0 Å². The Labute approximate surface area is 152 Å². The summed E-state index contributed by atoms with van der Waals surface area (Å²) >= 11 is 0. The van der Waals surface area contributed by atoms with Crippen LogP contribution in [-0.2, 0) is 0 Å². The average molecular weight is 350 g/mol. The molecule has 0 unspecified atom stereocenters. The maximum Gasteiger partial charge on any atom is 0.158 e. The second kappa shape index (κ2) is 6.77. The number of nitrogens with one attached hydrogen (secondary N) is 2. The minimum atomic E-state index is 0.278. The molecule has 2 fully saturated rings. The summed E-state index contributed by atoms with van der Waals surface area (Å²) in [5, 5.41) is 15.5. The first-order chi connectivity index (χ1) is 12.6. The lowest BCUT2D eigenvalue weighted by Crippen LogP contribution is -2.44. The molecule has 0 aliphatic carbocycles. The van der Waals surface area contributed by atoms with E-state index >= 15 is 0 Å². The number of pyridine rings is 1. The Balaban J connectivity index is 1.47. The van der Waals surface area contributed by atoms with Gasteiger partial charge in [-0.3, -0.25) is 0 Å². The summed E-state index contributed by atoms with van der Waals surface area (Å²) < 4.78 is 0. The van der Waals surface area contributed by atoms with Gasteiger partial charge in [-0.1, -0.05) is 0 Å². The number of hydrogen-bond donors (Lipinski definition) is 3. The summed E-state index contributed by atoms with van der Waals surface area (Å²) in [6.45, 7) is 0. The average Bonchev–Trinajstić information content (AvgIpc) is 2.86. The minimum Gasteiger partial charge on any atom is -0.396 e. The van der Waals surface area contributed by atoms with Gasteiger partial charge in [0.25, 0.3) is 0 Å². The molecule has 8 heteroatoms. The van der Waals surface area contributed by atoms with Gasteiger partial charge in [0.1, 0.15) is 17.7 Å². The van der Waals surface area contributed by atoms with E-state index in [1.165, 1.54) is 25.2 Å². The van der Waals surface area contributed by atoms with E-state index in [2.05, 4.69) is 37.5 Å². The highest BCUT2D eigenvalue weighted by atomic mass is 15.2. The summed E-state index contributed by atoms with van der Waals surface area (Å²) in [7, 11) is 2.24. The fraction of sp³-hybridized carbons (Fsp3) is 0.444. The highest BCUT2D eigenvalue weighted by Crippen LogP contribution is 2.36. The molecule has 0 amide bonds. The lowest BCUT2D eigenvalue weighted by Gasteiger charge is -2.37. The van der Waals surface area contributed by atoms with Gasteiger partial charge in [0.15, 0.2) is 5.69 Å². The van der Waals surface area contributed by atoms with E-state index in [0.717, 1.165) is 18.5 Å². The zero-order chi connectivity index (χ0) is 18.1. The Morgan fingerprint density at radius 1 is 1.12 bits per heavy atom. The van der Waals surface area contributed by atoms with Crippen molar-refractivity contribution < 1.29 is 0 Å². The third-order valence-electron chi connectivity index (χ3n) is 5.42. The van der Waals surface area contributed by atoms with Crippen molar-refractivity contribution in [2.75, 3.05) is 23.4 Å². The Morgan fingerprint density at radius 2 is 1.85 bits per heavy atom. The molecular weight excluding hydrogens is 328 g/mol. The van der Waals surface area contributed by atoms with Crippen molar-refractivity contribution in [3.05, 3.63) is 30.4 Å². The van der Waals surface area contributed by atoms with Crippen LogP contribution in [0.2, 0.25) is 0 Å². The molecule has 26 heavy (non-hydrogen) atoms. The third kappa shape index (κ3) is 3.26. The third-order valence-corrected chi connectivity index (χ3v) is 5.42. The number of rotatable bonds is 4. The summed E-state index contributed by atoms with van der Waals surface area (Å²) in [4.78, 5) is 15.0. The van der Waals surface area contributed by atoms with Crippen molar-refractivity contribution >= 4 is 23.0 Å². The zero-order valence-electron chi connectivity index (χ0n) is 14.7. The molecule has 0 saturated carbocycles. The van der Waals surface area contributed by atoms with Gasteiger partial charge in [-0.2, -0.15) is 5.26 Å². The second-order valence-electron chi connectivity index (χ2n) is 7.04. The quantitative estimate of drug-likeness (QED) is 0.768. The minimum absolute atomic E-state index is 0.278. The molecule has 2 aromatic rings. The number of fused-ring (bicyclic) bond motifs is 2. The van der Waals surface area contributed by atoms with Crippen molar-refractivity contribution in [2.45, 2.75) is 43.8 Å². The Bertz CT molecular complexity index is 814. The van der Waals surface area contributed by atoms with Crippen LogP contribution >= 0.6 is 0 Å². The Morgan fingerprint density at radius 3 is 2.50 bits per heavy atom. The first-order valence-electron chi connectivity index (χ1n) is 8.85. The number of piperidine rings is 1. The smallest absolute Gasteiger partial charge is 0.158 e. The standard InChI is InChI=1S/C18H22N8/c1-26-13-2-3-14(26)5-11(4-13)24-16-6-17(23-9-15(16)20)25-18-10-21-12(7-19)8-22-18/h6,8-11,13-14H,2-5,20H2,1H3,(H2,22,23,24,25)/t13-,14-/m0/s1. The molecule has 2 aromatic heterocycles. The largest absolute Gasteiger partial charge is 0.396 e. The van der Waals surface area contributed by atoms with Gasteiger partial charge in [0.05, 0.1) is 30.0 Å². The van der Waals surface area contributed by atoms with Gasteiger partial charge in [0, 0.05) is 24.2 Å². The van der Waals surface area contributed by atoms with Crippen molar-refractivity contribution in [3.8, 4) is 6.07 Å². The van der Waals surface area contributed by atoms with Gasteiger partial charge >= 0.3 is 0 Å². The van der Waals surface area contributed by atoms with Crippen molar-refractivity contribution in [3.63, 3.8) is 0 Å². The molecule has 2 atom stereocenters. The first-order valence-corrected chi connectivity index (χ1v) is 8.85. The predicted octanol–water partition coefficient (Wildman–Crippen LogP) is 2.11. The van der Waals surface area contributed by atoms with Crippen LogP contribution in [0.15, 0.2) is 24.7 Å². The van der Waals surface area contributed by atoms with Crippen LogP contribution in [0, 0.1) is 11.3 Å². The molecular formula is C18H22N8. The van der Waals surface area contributed by atoms with Gasteiger partial charge in [-0.15, -0.1) is 0 Å². The Kier molecular flexibility index (Phi) is 4.31. The molecule has 134 valence electrons. The van der Waals surface area contributed by atoms with Crippen LogP contribution in [0.4, 0.5) is 23.0 Å². The van der Waals surface area contributed by atoms with Crippen molar-refractivity contribution in [1.29, 1.82) is 5.26 Å². The number of nitrogens with zero attached hydrogens (tertiary/aromatic N) is 5. The lowest BCUT2D eigenvalue weighted by atomic mass is 9.97. The van der Waals surface area contributed by atoms with E-state index in [-0.39, 0.29) is 5.69 Å². The van der Waals surface area contributed by atoms with E-state index in [9.17, 15) is 0 Å². The van der Waals surface area contributed by atoms with Crippen LogP contribution in [0.5, 0.6) is 0 Å². The predicted molar refractivity (Wildman–Crippen MR) is 99.9 cm³/mol. The lowest BCUT2D eigenvalue weighted by molar-refractivity contribution is 0.169. The number of aromatic nitrogens is 3. The maximum absolute atomic E-state index is 8.79. The van der Waals surface area contributed by atoms with Gasteiger partial charge in [-0.25, -0.2) is 15.0 Å². The van der Waals surface area contributed by atoms with Gasteiger partial charge in [-0.05, 0) is 32.7 Å². The fourth-order valence-corrected chi connectivity index (χ4v) is 3.99. The van der Waals surface area contributed by atoms with Crippen molar-refractivity contribution in [2.24, 2.45) is 0 Å². The molecule has 4 rings (SSSR count). The number of nitriles is 1. The molecule has 2 aliphatic heterocycles. The number of hydrogen-bond acceptors (Lipinski definition) is 8. The highest BCUT2D eigenvalue weighted by molar-refractivity contribution is 5.70. The molecule has 4 heterocycles. The highest BCUT2D eigenvalue weighted by Gasteiger charge is 2.38. The molecule has 4 N–H and O–H groups in total. The van der Waals surface area contributed by atoms with Gasteiger partial charge in [0.2, 0.25) is 0 Å². The topological polar surface area (TPSA) is 116 Å². The SMILES string of the molecule is CN1[C@H]2CC[C@H]1CC(Nc1cc(Nc3cnc(C#N)cn3)ncc1N)C2. The fourth-order valence-electron chi connectivity index (χ4n) is 3.99. The molecule has 0 radical (unpaired) electrons. The molecule has 2 bridgehead atoms. The van der Waals surface area contributed by atoms with Gasteiger partial charge < -0.3 is 21.3 Å². The molecule has 0 aromatic carbocycles. The molecule has 8 nitrogen and oxygen atoms in total. The number of anilines is 4. The summed E-state index contributed by atoms with van der Waals surface area (Å²) in [5.74, 6) is 1.17. The summed E-state index contributed by atoms with van der Waals surface area (Å²) in [5.41, 5.74) is 7.92. The van der Waals surface area contributed by atoms with Crippen LogP contribution in [-0.4, -0.2) is 45.0 Å². The summed E-state index contributed by atoms with van der Waals surface area (Å²) in [6.07, 6.45) is 9.43. The number of nitrogens with two attached hydrogens (primary N) is 1. The van der Waals surface area contributed by atoms with Crippen LogP contribution in [0.1, 0.15) is 31.4 Å². The van der Waals surface area contributed by atoms with E-state index in [0.29, 0.717) is 35.4 Å². The second-order valence-corrected chi connectivity index (χ2v) is 7.04. The monoisotopic (exact) mass is 350 g/mol. The Hall–Kier alpha value is -2.92. The summed E-state index contributed by atoms with van der Waals surface area (Å²) in [6, 6.07) is 5.61. The van der Waals surface area contributed by atoms with Crippen LogP contribution < -0.4 is 16.4 Å². The van der Waals surface area contributed by atoms with E-state index in [1.807, 2.05) is 12.1 Å². The normalized spacial score (nSPS) is 24.8. The molecule has 2 saturated heterocycles. The molecule has 2 aliphatic rings. The van der Waals surface area contributed by atoms with E-state index in [1.54, 1.807) is 6.20 Å². The van der Waals surface area contributed by atoms with Crippen LogP contribution in [0.25, 0.3) is 0 Å². The maximum atomic E-state index is 8.79. The molecule has 0 spiro atoms. The number of nitrogen functional groups attached to an aromatic ring is 1. The first kappa shape index (κ1) is 16.5. The zero-order valence-corrected chi connectivity index (χ0v) is 14.7.